The number of hydrogen-bond acceptors (Lipinski definition) is 2. The molecule has 0 atom stereocenters. The highest BCUT2D eigenvalue weighted by atomic mass is 35.5. The maximum atomic E-state index is 11.3. The van der Waals surface area contributed by atoms with Crippen LogP contribution in [0.1, 0.15) is 0 Å². The van der Waals surface area contributed by atoms with Crippen molar-refractivity contribution in [1.82, 2.24) is 5.48 Å². The maximum absolute atomic E-state index is 11.3. The van der Waals surface area contributed by atoms with Crippen LogP contribution < -0.4 is 5.48 Å². The van der Waals surface area contributed by atoms with Crippen molar-refractivity contribution in [2.45, 2.75) is 0 Å². The summed E-state index contributed by atoms with van der Waals surface area (Å²) in [5, 5.41) is 7.60. The minimum Gasteiger partial charge on any atom is -0.288 e. The highest BCUT2D eigenvalue weighted by Gasteiger charge is 1.99. The highest BCUT2D eigenvalue weighted by molar-refractivity contribution is 5.89. The van der Waals surface area contributed by atoms with Gasteiger partial charge in [-0.3, -0.25) is 10.0 Å². The molecule has 0 saturated carbocycles. The number of hydroxylamine groups is 1. The number of rotatable bonds is 1. The van der Waals surface area contributed by atoms with E-state index in [1.165, 1.54) is 0 Å². The summed E-state index contributed by atoms with van der Waals surface area (Å²) in [5.74, 6) is -2.41. The quantitative estimate of drug-likeness (QED) is 0.354. The van der Waals surface area contributed by atoms with Gasteiger partial charge in [-0.1, -0.05) is 6.58 Å². The molecule has 0 aromatic rings. The monoisotopic (exact) mass is 177 g/mol. The van der Waals surface area contributed by atoms with Gasteiger partial charge in [0.1, 0.15) is 0 Å². The van der Waals surface area contributed by atoms with E-state index in [1.807, 2.05) is 0 Å². The molecule has 56 valence electrons. The van der Waals surface area contributed by atoms with E-state index in [0.29, 0.717) is 0 Å². The summed E-state index contributed by atoms with van der Waals surface area (Å²) < 4.78 is 11.3. The van der Waals surface area contributed by atoms with E-state index in [9.17, 15) is 9.18 Å². The van der Waals surface area contributed by atoms with Crippen molar-refractivity contribution in [3.8, 4) is 0 Å². The van der Waals surface area contributed by atoms with Crippen molar-refractivity contribution in [2.75, 3.05) is 0 Å². The molecule has 0 aromatic heterocycles. The maximum Gasteiger partial charge on any atom is 0.302 e. The summed E-state index contributed by atoms with van der Waals surface area (Å²) in [6, 6.07) is 0. The molecule has 0 radical (unpaired) electrons. The molecule has 0 aliphatic rings. The number of carbonyl (C=O) groups is 1. The third kappa shape index (κ3) is 7.68. The van der Waals surface area contributed by atoms with Gasteiger partial charge in [0.25, 0.3) is 0 Å². The average molecular weight is 178 g/mol. The molecule has 6 heteroatoms. The van der Waals surface area contributed by atoms with E-state index < -0.39 is 11.7 Å². The van der Waals surface area contributed by atoms with Crippen LogP contribution in [-0.4, -0.2) is 11.1 Å². The number of carbonyl (C=O) groups excluding carboxylic acids is 1. The Morgan fingerprint density at radius 2 is 1.89 bits per heavy atom. The molecule has 9 heavy (non-hydrogen) atoms. The van der Waals surface area contributed by atoms with E-state index in [2.05, 4.69) is 6.58 Å². The van der Waals surface area contributed by atoms with Gasteiger partial charge in [-0.2, -0.15) is 0 Å². The molecular formula is C3H6Cl2FNO2. The van der Waals surface area contributed by atoms with Crippen molar-refractivity contribution in [3.63, 3.8) is 0 Å². The molecule has 0 saturated heterocycles. The van der Waals surface area contributed by atoms with Crippen LogP contribution in [0.15, 0.2) is 12.4 Å². The molecular weight excluding hydrogens is 172 g/mol. The van der Waals surface area contributed by atoms with Crippen LogP contribution in [0.2, 0.25) is 0 Å². The van der Waals surface area contributed by atoms with Gasteiger partial charge in [0, 0.05) is 0 Å². The standard InChI is InChI=1S/C3H4FNO2.2ClH/c1-2(4)3(6)5-7;;/h7H,1H2,(H,5,6);2*1H. The van der Waals surface area contributed by atoms with Gasteiger partial charge in [-0.15, -0.1) is 24.8 Å². The Balaban J connectivity index is -0.000000180. The topological polar surface area (TPSA) is 49.3 Å². The lowest BCUT2D eigenvalue weighted by atomic mass is 10.6. The van der Waals surface area contributed by atoms with Gasteiger partial charge < -0.3 is 0 Å². The third-order valence-electron chi connectivity index (χ3n) is 0.348. The number of hydrogen-bond donors (Lipinski definition) is 2. The first-order valence-corrected chi connectivity index (χ1v) is 1.47. The normalized spacial score (nSPS) is 6.00. The van der Waals surface area contributed by atoms with Crippen molar-refractivity contribution < 1.29 is 14.4 Å². The van der Waals surface area contributed by atoms with Gasteiger partial charge >= 0.3 is 5.91 Å². The third-order valence-corrected chi connectivity index (χ3v) is 0.348. The zero-order valence-corrected chi connectivity index (χ0v) is 5.89. The van der Waals surface area contributed by atoms with Crippen molar-refractivity contribution >= 4 is 30.7 Å². The number of halogens is 3. The lowest BCUT2D eigenvalue weighted by Crippen LogP contribution is -2.17. The predicted octanol–water partition coefficient (Wildman–Crippen LogP) is 0.819. The Bertz CT molecular complexity index is 108. The molecule has 0 rings (SSSR count). The predicted molar refractivity (Wildman–Crippen MR) is 34.7 cm³/mol. The Hall–Kier alpha value is -0.320. The van der Waals surface area contributed by atoms with Gasteiger partial charge in [0.2, 0.25) is 0 Å². The summed E-state index contributed by atoms with van der Waals surface area (Å²) in [4.78, 5) is 9.68. The Labute approximate surface area is 63.7 Å². The molecule has 0 fully saturated rings. The molecule has 0 aliphatic heterocycles. The fourth-order valence-corrected chi connectivity index (χ4v) is 0.0607. The van der Waals surface area contributed by atoms with Gasteiger partial charge in [0.15, 0.2) is 5.83 Å². The van der Waals surface area contributed by atoms with Crippen LogP contribution in [-0.2, 0) is 4.79 Å². The molecule has 0 aliphatic carbocycles. The van der Waals surface area contributed by atoms with Crippen LogP contribution in [0.5, 0.6) is 0 Å². The summed E-state index contributed by atoms with van der Waals surface area (Å²) >= 11 is 0. The summed E-state index contributed by atoms with van der Waals surface area (Å²) in [6.45, 7) is 2.59. The minimum absolute atomic E-state index is 0. The average Bonchev–Trinajstić information content (AvgIpc) is 1.65. The van der Waals surface area contributed by atoms with E-state index in [-0.39, 0.29) is 24.8 Å². The fourth-order valence-electron chi connectivity index (χ4n) is 0.0607. The fraction of sp³-hybridized carbons (Fsp3) is 0. The molecule has 2 N–H and O–H groups in total. The zero-order valence-electron chi connectivity index (χ0n) is 4.26. The summed E-state index contributed by atoms with van der Waals surface area (Å²) in [5.41, 5.74) is 1.05. The molecule has 3 nitrogen and oxygen atoms in total. The van der Waals surface area contributed by atoms with Crippen LogP contribution in [0.25, 0.3) is 0 Å². The van der Waals surface area contributed by atoms with E-state index in [1.54, 1.807) is 0 Å². The zero-order chi connectivity index (χ0) is 5.86. The first-order chi connectivity index (χ1) is 3.18. The Morgan fingerprint density at radius 1 is 1.56 bits per heavy atom. The van der Waals surface area contributed by atoms with Crippen molar-refractivity contribution in [2.24, 2.45) is 0 Å². The lowest BCUT2D eigenvalue weighted by molar-refractivity contribution is -0.126. The van der Waals surface area contributed by atoms with Crippen LogP contribution in [0.4, 0.5) is 4.39 Å². The molecule has 0 aromatic carbocycles. The number of amides is 1. The minimum atomic E-state index is -1.21. The Morgan fingerprint density at radius 3 is 1.89 bits per heavy atom. The molecule has 0 unspecified atom stereocenters. The second-order valence-corrected chi connectivity index (χ2v) is 0.846. The number of nitrogens with one attached hydrogen (secondary N) is 1. The van der Waals surface area contributed by atoms with Crippen LogP contribution in [0, 0.1) is 0 Å². The second kappa shape index (κ2) is 7.68. The summed E-state index contributed by atoms with van der Waals surface area (Å²) in [6.07, 6.45) is 0. The van der Waals surface area contributed by atoms with E-state index >= 15 is 0 Å². The molecule has 1 amide bonds. The van der Waals surface area contributed by atoms with E-state index in [4.69, 9.17) is 5.21 Å². The molecule has 0 spiro atoms. The SMILES string of the molecule is C=C(F)C(=O)NO.Cl.Cl. The van der Waals surface area contributed by atoms with Gasteiger partial charge in [-0.05, 0) is 0 Å². The van der Waals surface area contributed by atoms with Gasteiger partial charge in [0.05, 0.1) is 0 Å². The smallest absolute Gasteiger partial charge is 0.288 e. The summed E-state index contributed by atoms with van der Waals surface area (Å²) in [7, 11) is 0. The van der Waals surface area contributed by atoms with Crippen LogP contribution in [0.3, 0.4) is 0 Å². The van der Waals surface area contributed by atoms with Crippen LogP contribution >= 0.6 is 24.8 Å². The first-order valence-electron chi connectivity index (χ1n) is 1.47. The van der Waals surface area contributed by atoms with E-state index in [0.717, 1.165) is 5.48 Å². The molecule has 0 bridgehead atoms. The highest BCUT2D eigenvalue weighted by Crippen LogP contribution is 1.86. The second-order valence-electron chi connectivity index (χ2n) is 0.846. The lowest BCUT2D eigenvalue weighted by Gasteiger charge is -1.86. The largest absolute Gasteiger partial charge is 0.302 e. The Kier molecular flexibility index (Phi) is 13.5. The van der Waals surface area contributed by atoms with Crippen molar-refractivity contribution in [3.05, 3.63) is 12.4 Å². The molecule has 0 heterocycles. The van der Waals surface area contributed by atoms with Gasteiger partial charge in [-0.25, -0.2) is 9.87 Å². The van der Waals surface area contributed by atoms with Crippen molar-refractivity contribution in [1.29, 1.82) is 0 Å². The first kappa shape index (κ1) is 15.9.